The average Bonchev–Trinajstić information content (AvgIpc) is 2.36. The van der Waals surface area contributed by atoms with Gasteiger partial charge in [-0.05, 0) is 26.0 Å². The van der Waals surface area contributed by atoms with Crippen LogP contribution in [0, 0.1) is 0 Å². The molecule has 9 heteroatoms. The van der Waals surface area contributed by atoms with Crippen LogP contribution >= 0.6 is 35.6 Å². The van der Waals surface area contributed by atoms with Crippen LogP contribution in [0.1, 0.15) is 13.8 Å². The highest BCUT2D eigenvalue weighted by Crippen LogP contribution is 2.31. The van der Waals surface area contributed by atoms with Gasteiger partial charge in [0.15, 0.2) is 0 Å². The summed E-state index contributed by atoms with van der Waals surface area (Å²) in [5.74, 6) is 0. The molecule has 0 spiro atoms. The minimum atomic E-state index is -3.68. The average molecular weight is 403 g/mol. The molecule has 5 nitrogen and oxygen atoms in total. The Labute approximate surface area is 154 Å². The lowest BCUT2D eigenvalue weighted by molar-refractivity contribution is 0.162. The second-order valence-electron chi connectivity index (χ2n) is 6.22. The molecule has 23 heavy (non-hydrogen) atoms. The maximum atomic E-state index is 12.7. The Morgan fingerprint density at radius 3 is 2.04 bits per heavy atom. The Balaban J connectivity index is 0.00000264. The van der Waals surface area contributed by atoms with E-state index in [-0.39, 0.29) is 32.9 Å². The van der Waals surface area contributed by atoms with Crippen molar-refractivity contribution in [2.75, 3.05) is 32.7 Å². The van der Waals surface area contributed by atoms with Gasteiger partial charge in [-0.25, -0.2) is 8.42 Å². The zero-order valence-corrected chi connectivity index (χ0v) is 16.3. The molecule has 1 aromatic rings. The van der Waals surface area contributed by atoms with Crippen molar-refractivity contribution in [3.8, 4) is 0 Å². The first kappa shape index (κ1) is 21.0. The quantitative estimate of drug-likeness (QED) is 0.840. The van der Waals surface area contributed by atoms with Gasteiger partial charge in [0, 0.05) is 38.3 Å². The number of nitrogens with zero attached hydrogens (tertiary/aromatic N) is 2. The van der Waals surface area contributed by atoms with Crippen molar-refractivity contribution in [1.29, 1.82) is 0 Å². The molecular weight excluding hydrogens is 381 g/mol. The second kappa shape index (κ2) is 7.87. The van der Waals surface area contributed by atoms with Gasteiger partial charge < -0.3 is 5.73 Å². The highest BCUT2D eigenvalue weighted by atomic mass is 35.5. The van der Waals surface area contributed by atoms with Crippen molar-refractivity contribution in [2.24, 2.45) is 5.73 Å². The van der Waals surface area contributed by atoms with Crippen LogP contribution in [0.4, 0.5) is 0 Å². The first-order valence-electron chi connectivity index (χ1n) is 7.07. The summed E-state index contributed by atoms with van der Waals surface area (Å²) in [6, 6.07) is 4.70. The molecule has 0 aromatic heterocycles. The van der Waals surface area contributed by atoms with Crippen molar-refractivity contribution in [3.05, 3.63) is 28.2 Å². The van der Waals surface area contributed by atoms with E-state index in [0.29, 0.717) is 26.2 Å². The van der Waals surface area contributed by atoms with Gasteiger partial charge in [0.1, 0.15) is 4.90 Å². The summed E-state index contributed by atoms with van der Waals surface area (Å²) in [5, 5.41) is 0.302. The molecular formula is C14H22Cl3N3O2S. The largest absolute Gasteiger partial charge is 0.324 e. The minimum absolute atomic E-state index is 0. The highest BCUT2D eigenvalue weighted by Gasteiger charge is 2.32. The van der Waals surface area contributed by atoms with Crippen LogP contribution in [0.5, 0.6) is 0 Å². The van der Waals surface area contributed by atoms with Gasteiger partial charge in [0.2, 0.25) is 10.0 Å². The lowest BCUT2D eigenvalue weighted by Crippen LogP contribution is -2.54. The molecule has 1 aliphatic heterocycles. The van der Waals surface area contributed by atoms with Gasteiger partial charge in [0.05, 0.1) is 10.0 Å². The van der Waals surface area contributed by atoms with Gasteiger partial charge in [-0.3, -0.25) is 4.90 Å². The van der Waals surface area contributed by atoms with Crippen LogP contribution in [0.3, 0.4) is 0 Å². The number of hydrogen-bond donors (Lipinski definition) is 1. The number of halogens is 3. The summed E-state index contributed by atoms with van der Waals surface area (Å²) in [6.45, 7) is 6.73. The van der Waals surface area contributed by atoms with E-state index in [2.05, 4.69) is 4.90 Å². The molecule has 0 aliphatic carbocycles. The summed E-state index contributed by atoms with van der Waals surface area (Å²) in [4.78, 5) is 2.16. The molecule has 0 radical (unpaired) electrons. The maximum absolute atomic E-state index is 12.7. The van der Waals surface area contributed by atoms with E-state index in [9.17, 15) is 8.42 Å². The van der Waals surface area contributed by atoms with Crippen molar-refractivity contribution >= 4 is 45.6 Å². The van der Waals surface area contributed by atoms with Crippen molar-refractivity contribution < 1.29 is 8.42 Å². The van der Waals surface area contributed by atoms with Gasteiger partial charge in [0.25, 0.3) is 0 Å². The maximum Gasteiger partial charge on any atom is 0.246 e. The predicted molar refractivity (Wildman–Crippen MR) is 97.2 cm³/mol. The molecule has 2 rings (SSSR count). The van der Waals surface area contributed by atoms with Crippen LogP contribution in [0.25, 0.3) is 0 Å². The molecule has 0 saturated carbocycles. The molecule has 1 saturated heterocycles. The monoisotopic (exact) mass is 401 g/mol. The molecule has 0 atom stereocenters. The van der Waals surface area contributed by atoms with Crippen molar-refractivity contribution in [2.45, 2.75) is 24.3 Å². The number of sulfonamides is 1. The van der Waals surface area contributed by atoms with Crippen LogP contribution in [0.15, 0.2) is 23.1 Å². The fourth-order valence-corrected chi connectivity index (χ4v) is 5.08. The third-order valence-electron chi connectivity index (χ3n) is 3.48. The van der Waals surface area contributed by atoms with Crippen molar-refractivity contribution in [1.82, 2.24) is 9.21 Å². The van der Waals surface area contributed by atoms with E-state index >= 15 is 0 Å². The molecule has 132 valence electrons. The van der Waals surface area contributed by atoms with Crippen LogP contribution in [-0.2, 0) is 10.0 Å². The Morgan fingerprint density at radius 1 is 1.13 bits per heavy atom. The van der Waals surface area contributed by atoms with Gasteiger partial charge in [-0.1, -0.05) is 29.3 Å². The number of rotatable bonds is 4. The first-order chi connectivity index (χ1) is 10.1. The lowest BCUT2D eigenvalue weighted by atomic mass is 10.1. The Kier molecular flexibility index (Phi) is 7.17. The zero-order chi connectivity index (χ0) is 16.5. The highest BCUT2D eigenvalue weighted by molar-refractivity contribution is 7.89. The normalized spacial score (nSPS) is 17.8. The fourth-order valence-electron chi connectivity index (χ4n) is 2.56. The fraction of sp³-hybridized carbons (Fsp3) is 0.571. The first-order valence-corrected chi connectivity index (χ1v) is 9.26. The van der Waals surface area contributed by atoms with Gasteiger partial charge in [-0.2, -0.15) is 4.31 Å². The second-order valence-corrected chi connectivity index (χ2v) is 8.91. The third kappa shape index (κ3) is 5.19. The summed E-state index contributed by atoms with van der Waals surface area (Å²) < 4.78 is 26.9. The van der Waals surface area contributed by atoms with Gasteiger partial charge in [-0.15, -0.1) is 12.4 Å². The van der Waals surface area contributed by atoms with E-state index in [1.165, 1.54) is 16.4 Å². The topological polar surface area (TPSA) is 66.6 Å². The molecule has 1 aromatic carbocycles. The van der Waals surface area contributed by atoms with E-state index in [1.54, 1.807) is 6.07 Å². The van der Waals surface area contributed by atoms with E-state index in [0.717, 1.165) is 6.54 Å². The van der Waals surface area contributed by atoms with E-state index in [1.807, 2.05) is 13.8 Å². The standard InChI is InChI=1S/C14H21Cl2N3O2S.ClH/c1-14(2,17)10-18-6-8-19(9-7-18)22(20,21)13-11(15)4-3-5-12(13)16;/h3-5H,6-10,17H2,1-2H3;1H. The molecule has 0 amide bonds. The summed E-state index contributed by atoms with van der Waals surface area (Å²) in [5.41, 5.74) is 5.71. The Morgan fingerprint density at radius 2 is 1.61 bits per heavy atom. The number of piperazine rings is 1. The molecule has 2 N–H and O–H groups in total. The Hall–Kier alpha value is -0.0800. The predicted octanol–water partition coefficient (Wildman–Crippen LogP) is 2.46. The van der Waals surface area contributed by atoms with Crippen LogP contribution < -0.4 is 5.73 Å². The molecule has 1 fully saturated rings. The van der Waals surface area contributed by atoms with E-state index < -0.39 is 10.0 Å². The van der Waals surface area contributed by atoms with Crippen molar-refractivity contribution in [3.63, 3.8) is 0 Å². The third-order valence-corrected chi connectivity index (χ3v) is 6.33. The number of hydrogen-bond acceptors (Lipinski definition) is 4. The van der Waals surface area contributed by atoms with Gasteiger partial charge >= 0.3 is 0 Å². The molecule has 0 bridgehead atoms. The molecule has 1 heterocycles. The lowest BCUT2D eigenvalue weighted by Gasteiger charge is -2.37. The van der Waals surface area contributed by atoms with E-state index in [4.69, 9.17) is 28.9 Å². The Bertz CT molecular complexity index is 619. The summed E-state index contributed by atoms with van der Waals surface area (Å²) >= 11 is 12.1. The SMILES string of the molecule is CC(C)(N)CN1CCN(S(=O)(=O)c2c(Cl)cccc2Cl)CC1.Cl. The molecule has 0 unspecified atom stereocenters. The summed E-state index contributed by atoms with van der Waals surface area (Å²) in [7, 11) is -3.68. The van der Waals surface area contributed by atoms with Crippen LogP contribution in [0.2, 0.25) is 10.0 Å². The number of benzene rings is 1. The number of nitrogens with two attached hydrogens (primary N) is 1. The zero-order valence-electron chi connectivity index (χ0n) is 13.1. The summed E-state index contributed by atoms with van der Waals surface area (Å²) in [6.07, 6.45) is 0. The smallest absolute Gasteiger partial charge is 0.246 e. The van der Waals surface area contributed by atoms with Crippen LogP contribution in [-0.4, -0.2) is 55.9 Å². The minimum Gasteiger partial charge on any atom is -0.324 e. The molecule has 1 aliphatic rings.